The number of nitrogens with one attached hydrogen (secondary N) is 1. The number of aromatic nitrogens is 4. The van der Waals surface area contributed by atoms with Gasteiger partial charge in [0.2, 0.25) is 5.95 Å². The highest BCUT2D eigenvalue weighted by Crippen LogP contribution is 2.47. The van der Waals surface area contributed by atoms with E-state index >= 15 is 0 Å². The van der Waals surface area contributed by atoms with Crippen molar-refractivity contribution in [3.8, 4) is 0 Å². The van der Waals surface area contributed by atoms with Gasteiger partial charge in [0.25, 0.3) is 5.56 Å². The lowest BCUT2D eigenvalue weighted by Gasteiger charge is -2.25. The van der Waals surface area contributed by atoms with Crippen molar-refractivity contribution in [3.05, 3.63) is 16.7 Å². The fourth-order valence-electron chi connectivity index (χ4n) is 2.24. The van der Waals surface area contributed by atoms with Crippen LogP contribution in [0.3, 0.4) is 0 Å². The van der Waals surface area contributed by atoms with Gasteiger partial charge in [-0.15, -0.1) is 0 Å². The highest BCUT2D eigenvalue weighted by Gasteiger charge is 2.29. The minimum absolute atomic E-state index is 0.0315. The molecule has 1 saturated heterocycles. The summed E-state index contributed by atoms with van der Waals surface area (Å²) in [6, 6.07) is 0. The van der Waals surface area contributed by atoms with Crippen LogP contribution in [0.5, 0.6) is 0 Å². The van der Waals surface area contributed by atoms with Gasteiger partial charge in [-0.2, -0.15) is 4.98 Å². The van der Waals surface area contributed by atoms with Gasteiger partial charge in [-0.3, -0.25) is 14.3 Å². The van der Waals surface area contributed by atoms with Gasteiger partial charge in [0.15, 0.2) is 11.2 Å². The van der Waals surface area contributed by atoms with Gasteiger partial charge in [-0.1, -0.05) is 0 Å². The first-order valence-electron chi connectivity index (χ1n) is 6.11. The van der Waals surface area contributed by atoms with Gasteiger partial charge in [0, 0.05) is 12.5 Å². The summed E-state index contributed by atoms with van der Waals surface area (Å²) in [4.78, 5) is 31.4. The minimum atomic E-state index is -3.39. The van der Waals surface area contributed by atoms with Crippen molar-refractivity contribution in [2.24, 2.45) is 5.92 Å². The Balaban J connectivity index is 1.85. The van der Waals surface area contributed by atoms with E-state index in [0.717, 1.165) is 0 Å². The Bertz CT molecular complexity index is 742. The first kappa shape index (κ1) is 13.3. The van der Waals surface area contributed by atoms with Crippen LogP contribution in [0.4, 0.5) is 5.95 Å². The first-order valence-corrected chi connectivity index (χ1v) is 7.88. The highest BCUT2D eigenvalue weighted by molar-refractivity contribution is 7.52. The summed E-state index contributed by atoms with van der Waals surface area (Å²) in [6.07, 6.45) is 2.23. The van der Waals surface area contributed by atoms with Crippen molar-refractivity contribution in [3.63, 3.8) is 0 Å². The zero-order chi connectivity index (χ0) is 14.3. The number of nitrogens with zero attached hydrogens (tertiary/aromatic N) is 3. The molecule has 4 N–H and O–H groups in total. The third-order valence-corrected chi connectivity index (χ3v) is 4.66. The highest BCUT2D eigenvalue weighted by atomic mass is 31.2. The Labute approximate surface area is 113 Å². The van der Waals surface area contributed by atoms with Crippen molar-refractivity contribution >= 4 is 24.7 Å². The van der Waals surface area contributed by atoms with Gasteiger partial charge in [0.05, 0.1) is 19.1 Å². The van der Waals surface area contributed by atoms with Crippen molar-refractivity contribution in [1.82, 2.24) is 19.5 Å². The predicted octanol–water partition coefficient (Wildman–Crippen LogP) is -0.0763. The Morgan fingerprint density at radius 2 is 2.45 bits per heavy atom. The average Bonchev–Trinajstić information content (AvgIpc) is 2.75. The molecule has 0 spiro atoms. The Kier molecular flexibility index (Phi) is 3.12. The van der Waals surface area contributed by atoms with Crippen LogP contribution in [0.15, 0.2) is 11.1 Å². The molecule has 1 fully saturated rings. The second kappa shape index (κ2) is 4.69. The molecule has 0 bridgehead atoms. The number of nitrogen functional groups attached to an aromatic ring is 1. The van der Waals surface area contributed by atoms with Crippen LogP contribution in [-0.2, 0) is 15.6 Å². The van der Waals surface area contributed by atoms with E-state index in [0.29, 0.717) is 18.6 Å². The van der Waals surface area contributed by atoms with Crippen LogP contribution in [0.2, 0.25) is 0 Å². The standard InChI is InChI=1S/C10H14N5O4P/c11-10-13-8-7(9(16)14-10)12-5-15(8)3-6-1-2-20(17,18)19-4-6/h5-6H,1-4H2,(H,17,18)(H3,11,13,14,16). The van der Waals surface area contributed by atoms with E-state index in [1.54, 1.807) is 4.57 Å². The molecule has 3 rings (SSSR count). The van der Waals surface area contributed by atoms with Crippen LogP contribution in [0, 0.1) is 5.92 Å². The predicted molar refractivity (Wildman–Crippen MR) is 71.3 cm³/mol. The van der Waals surface area contributed by atoms with E-state index in [9.17, 15) is 14.3 Å². The summed E-state index contributed by atoms with van der Waals surface area (Å²) in [7, 11) is -3.39. The molecule has 1 aliphatic rings. The topological polar surface area (TPSA) is 136 Å². The fraction of sp³-hybridized carbons (Fsp3) is 0.500. The number of fused-ring (bicyclic) bond motifs is 1. The average molecular weight is 299 g/mol. The molecule has 0 radical (unpaired) electrons. The lowest BCUT2D eigenvalue weighted by atomic mass is 10.1. The summed E-state index contributed by atoms with van der Waals surface area (Å²) in [5.74, 6) is 0.105. The number of rotatable bonds is 2. The quantitative estimate of drug-likeness (QED) is 0.660. The van der Waals surface area contributed by atoms with E-state index in [1.165, 1.54) is 6.33 Å². The zero-order valence-electron chi connectivity index (χ0n) is 10.5. The number of imidazole rings is 1. The maximum atomic E-state index is 11.6. The molecule has 2 aromatic heterocycles. The largest absolute Gasteiger partial charge is 0.369 e. The maximum absolute atomic E-state index is 11.6. The minimum Gasteiger partial charge on any atom is -0.369 e. The van der Waals surface area contributed by atoms with Crippen molar-refractivity contribution in [1.29, 1.82) is 0 Å². The molecule has 9 nitrogen and oxygen atoms in total. The van der Waals surface area contributed by atoms with Crippen molar-refractivity contribution < 1.29 is 14.0 Å². The van der Waals surface area contributed by atoms with Crippen LogP contribution >= 0.6 is 7.60 Å². The Morgan fingerprint density at radius 3 is 3.15 bits per heavy atom. The van der Waals surface area contributed by atoms with E-state index in [-0.39, 0.29) is 35.7 Å². The third kappa shape index (κ3) is 2.47. The van der Waals surface area contributed by atoms with Gasteiger partial charge >= 0.3 is 7.60 Å². The van der Waals surface area contributed by atoms with Gasteiger partial charge in [0.1, 0.15) is 0 Å². The Hall–Kier alpha value is -1.70. The lowest BCUT2D eigenvalue weighted by Crippen LogP contribution is -2.22. The monoisotopic (exact) mass is 299 g/mol. The van der Waals surface area contributed by atoms with E-state index in [1.807, 2.05) is 0 Å². The van der Waals surface area contributed by atoms with E-state index in [4.69, 9.17) is 10.3 Å². The van der Waals surface area contributed by atoms with Crippen LogP contribution in [-0.4, -0.2) is 37.2 Å². The lowest BCUT2D eigenvalue weighted by molar-refractivity contribution is 0.176. The summed E-state index contributed by atoms with van der Waals surface area (Å²) < 4.78 is 18.0. The van der Waals surface area contributed by atoms with Crippen LogP contribution in [0.25, 0.3) is 11.2 Å². The molecule has 2 unspecified atom stereocenters. The molecule has 20 heavy (non-hydrogen) atoms. The second-order valence-corrected chi connectivity index (χ2v) is 6.81. The fourth-order valence-corrected chi connectivity index (χ4v) is 3.51. The molecule has 2 aromatic rings. The molecule has 0 aromatic carbocycles. The normalized spacial score (nSPS) is 26.9. The molecule has 1 aliphatic heterocycles. The first-order chi connectivity index (χ1) is 9.44. The zero-order valence-corrected chi connectivity index (χ0v) is 11.4. The van der Waals surface area contributed by atoms with Crippen molar-refractivity contribution in [2.75, 3.05) is 18.5 Å². The van der Waals surface area contributed by atoms with Gasteiger partial charge < -0.3 is 19.7 Å². The maximum Gasteiger partial charge on any atom is 0.328 e. The summed E-state index contributed by atoms with van der Waals surface area (Å²) in [5.41, 5.74) is 5.77. The van der Waals surface area contributed by atoms with Gasteiger partial charge in [-0.05, 0) is 6.42 Å². The molecule has 108 valence electrons. The third-order valence-electron chi connectivity index (χ3n) is 3.28. The Morgan fingerprint density at radius 1 is 1.65 bits per heavy atom. The molecule has 0 aliphatic carbocycles. The number of anilines is 1. The number of hydrogen-bond donors (Lipinski definition) is 3. The molecule has 0 saturated carbocycles. The van der Waals surface area contributed by atoms with Gasteiger partial charge in [-0.25, -0.2) is 4.98 Å². The molecular weight excluding hydrogens is 285 g/mol. The molecule has 10 heteroatoms. The summed E-state index contributed by atoms with van der Waals surface area (Å²) >= 11 is 0. The van der Waals surface area contributed by atoms with Crippen LogP contribution in [0.1, 0.15) is 6.42 Å². The second-order valence-electron chi connectivity index (χ2n) is 4.83. The summed E-state index contributed by atoms with van der Waals surface area (Å²) in [5, 5.41) is 0. The van der Waals surface area contributed by atoms with Crippen molar-refractivity contribution in [2.45, 2.75) is 13.0 Å². The molecule has 2 atom stereocenters. The number of aromatic amines is 1. The molecule has 0 amide bonds. The van der Waals surface area contributed by atoms with Crippen LogP contribution < -0.4 is 11.3 Å². The molecule has 3 heterocycles. The summed E-state index contributed by atoms with van der Waals surface area (Å²) in [6.45, 7) is 0.707. The van der Waals surface area contributed by atoms with E-state index in [2.05, 4.69) is 15.0 Å². The smallest absolute Gasteiger partial charge is 0.328 e. The number of H-pyrrole nitrogens is 1. The SMILES string of the molecule is Nc1nc2c(ncn2CC2CCP(=O)(O)OC2)c(=O)[nH]1. The number of nitrogens with two attached hydrogens (primary N) is 1. The van der Waals surface area contributed by atoms with E-state index < -0.39 is 7.60 Å². The number of hydrogen-bond acceptors (Lipinski definition) is 6. The molecular formula is C10H14N5O4P.